The summed E-state index contributed by atoms with van der Waals surface area (Å²) < 4.78 is 30.1. The van der Waals surface area contributed by atoms with Gasteiger partial charge < -0.3 is 4.57 Å². The summed E-state index contributed by atoms with van der Waals surface area (Å²) in [6, 6.07) is 15.9. The van der Waals surface area contributed by atoms with Crippen LogP contribution in [0.1, 0.15) is 88.4 Å². The molecule has 4 nitrogen and oxygen atoms in total. The average molecular weight is 521 g/mol. The van der Waals surface area contributed by atoms with Crippen molar-refractivity contribution in [2.75, 3.05) is 0 Å². The quantitative estimate of drug-likeness (QED) is 0.219. The zero-order valence-electron chi connectivity index (χ0n) is 21.0. The Balaban J connectivity index is 1.55. The highest BCUT2D eigenvalue weighted by Crippen LogP contribution is 2.41. The van der Waals surface area contributed by atoms with Gasteiger partial charge in [-0.15, -0.1) is 11.3 Å². The van der Waals surface area contributed by atoms with Gasteiger partial charge in [-0.05, 0) is 62.4 Å². The lowest BCUT2D eigenvalue weighted by Crippen LogP contribution is -2.22. The number of fused-ring (bicyclic) bond motifs is 1. The van der Waals surface area contributed by atoms with Gasteiger partial charge >= 0.3 is 0 Å². The van der Waals surface area contributed by atoms with Gasteiger partial charge in [0.15, 0.2) is 11.6 Å². The molecule has 1 saturated carbocycles. The number of ketones is 2. The Hall–Kier alpha value is -3.19. The molecule has 1 fully saturated rings. The van der Waals surface area contributed by atoms with Crippen molar-refractivity contribution in [2.45, 2.75) is 64.8 Å². The molecule has 0 amide bonds. The maximum absolute atomic E-state index is 14.0. The number of imidazole rings is 1. The van der Waals surface area contributed by atoms with Crippen LogP contribution >= 0.6 is 11.3 Å². The van der Waals surface area contributed by atoms with Crippen molar-refractivity contribution in [1.82, 2.24) is 9.55 Å². The molecule has 0 saturated heterocycles. The molecule has 1 unspecified atom stereocenters. The van der Waals surface area contributed by atoms with Gasteiger partial charge in [0, 0.05) is 40.5 Å². The van der Waals surface area contributed by atoms with E-state index >= 15 is 0 Å². The molecular weight excluding hydrogens is 490 g/mol. The SMILES string of the molecule is CCC(=O)c1ccc2c(c1)nc(-c1ccccc1C(F)F)n2C1CCC[C@@H](CC(=O)c2ccc(C)s2)C1. The van der Waals surface area contributed by atoms with Crippen LogP contribution in [0.2, 0.25) is 0 Å². The molecule has 192 valence electrons. The van der Waals surface area contributed by atoms with Crippen molar-refractivity contribution in [3.05, 3.63) is 75.5 Å². The largest absolute Gasteiger partial charge is 0.321 e. The fourth-order valence-electron chi connectivity index (χ4n) is 5.56. The predicted molar refractivity (Wildman–Crippen MR) is 144 cm³/mol. The fraction of sp³-hybridized carbons (Fsp3) is 0.367. The summed E-state index contributed by atoms with van der Waals surface area (Å²) in [5.41, 5.74) is 2.39. The van der Waals surface area contributed by atoms with Gasteiger partial charge in [0.05, 0.1) is 15.9 Å². The topological polar surface area (TPSA) is 52.0 Å². The van der Waals surface area contributed by atoms with Crippen molar-refractivity contribution in [1.29, 1.82) is 0 Å². The van der Waals surface area contributed by atoms with E-state index in [2.05, 4.69) is 4.57 Å². The second kappa shape index (κ2) is 10.7. The van der Waals surface area contributed by atoms with Gasteiger partial charge in [-0.2, -0.15) is 0 Å². The van der Waals surface area contributed by atoms with Crippen LogP contribution in [-0.2, 0) is 0 Å². The van der Waals surface area contributed by atoms with E-state index in [4.69, 9.17) is 4.98 Å². The smallest absolute Gasteiger partial charge is 0.264 e. The van der Waals surface area contributed by atoms with Crippen molar-refractivity contribution in [3.8, 4) is 11.4 Å². The second-order valence-corrected chi connectivity index (χ2v) is 11.2. The summed E-state index contributed by atoms with van der Waals surface area (Å²) in [7, 11) is 0. The van der Waals surface area contributed by atoms with Gasteiger partial charge in [-0.3, -0.25) is 9.59 Å². The van der Waals surface area contributed by atoms with Gasteiger partial charge in [0.1, 0.15) is 5.82 Å². The Kier molecular flexibility index (Phi) is 7.33. The minimum absolute atomic E-state index is 0.0195. The van der Waals surface area contributed by atoms with Crippen LogP contribution in [0.15, 0.2) is 54.6 Å². The summed E-state index contributed by atoms with van der Waals surface area (Å²) in [5.74, 6) is 0.902. The highest BCUT2D eigenvalue weighted by atomic mass is 32.1. The maximum Gasteiger partial charge on any atom is 0.264 e. The second-order valence-electron chi connectivity index (χ2n) is 9.90. The Morgan fingerprint density at radius 2 is 1.89 bits per heavy atom. The average Bonchev–Trinajstić information content (AvgIpc) is 3.51. The number of thiophene rings is 1. The highest BCUT2D eigenvalue weighted by Gasteiger charge is 2.30. The van der Waals surface area contributed by atoms with Gasteiger partial charge in [-0.25, -0.2) is 13.8 Å². The molecule has 2 atom stereocenters. The number of nitrogens with zero attached hydrogens (tertiary/aromatic N) is 2. The number of aryl methyl sites for hydroxylation is 1. The summed E-state index contributed by atoms with van der Waals surface area (Å²) in [6.45, 7) is 3.82. The van der Waals surface area contributed by atoms with Crippen LogP contribution in [0, 0.1) is 12.8 Å². The molecule has 2 aromatic heterocycles. The lowest BCUT2D eigenvalue weighted by Gasteiger charge is -2.31. The number of hydrogen-bond donors (Lipinski definition) is 0. The van der Waals surface area contributed by atoms with Crippen LogP contribution in [0.3, 0.4) is 0 Å². The first-order chi connectivity index (χ1) is 17.9. The number of rotatable bonds is 8. The van der Waals surface area contributed by atoms with Crippen LogP contribution in [-0.4, -0.2) is 21.1 Å². The Morgan fingerprint density at radius 1 is 1.08 bits per heavy atom. The minimum Gasteiger partial charge on any atom is -0.321 e. The summed E-state index contributed by atoms with van der Waals surface area (Å²) in [5, 5.41) is 0. The lowest BCUT2D eigenvalue weighted by atomic mass is 9.82. The van der Waals surface area contributed by atoms with Crippen LogP contribution in [0.4, 0.5) is 8.78 Å². The summed E-state index contributed by atoms with van der Waals surface area (Å²) in [6.07, 6.45) is 1.82. The summed E-state index contributed by atoms with van der Waals surface area (Å²) >= 11 is 1.53. The minimum atomic E-state index is -2.63. The Labute approximate surface area is 219 Å². The molecule has 2 aromatic carbocycles. The molecule has 7 heteroatoms. The van der Waals surface area contributed by atoms with Crippen molar-refractivity contribution < 1.29 is 18.4 Å². The number of hydrogen-bond acceptors (Lipinski definition) is 4. The van der Waals surface area contributed by atoms with Crippen LogP contribution < -0.4 is 0 Å². The van der Waals surface area contributed by atoms with Crippen molar-refractivity contribution in [3.63, 3.8) is 0 Å². The van der Waals surface area contributed by atoms with Gasteiger partial charge in [-0.1, -0.05) is 37.6 Å². The van der Waals surface area contributed by atoms with Crippen molar-refractivity contribution >= 4 is 33.9 Å². The molecule has 0 spiro atoms. The van der Waals surface area contributed by atoms with E-state index in [1.807, 2.05) is 32.0 Å². The van der Waals surface area contributed by atoms with Gasteiger partial charge in [0.2, 0.25) is 0 Å². The Bertz CT molecular complexity index is 1460. The number of Topliss-reactive ketones (excluding diaryl/α,β-unsaturated/α-hetero) is 2. The molecule has 0 radical (unpaired) electrons. The molecule has 4 aromatic rings. The number of aromatic nitrogens is 2. The standard InChI is InChI=1S/C30H30F2N2O2S/c1-3-26(35)20-12-13-25-24(17-20)33-30(23-10-5-4-9-22(23)29(31)32)34(25)21-8-6-7-19(15-21)16-27(36)28-14-11-18(2)37-28/h4-5,9-14,17,19,21,29H,3,6-8,15-16H2,1-2H3/t19-,21?/m1/s1. The third-order valence-corrected chi connectivity index (χ3v) is 8.42. The molecule has 0 bridgehead atoms. The molecule has 37 heavy (non-hydrogen) atoms. The molecular formula is C30H30F2N2O2S. The zero-order valence-corrected chi connectivity index (χ0v) is 21.9. The van der Waals surface area contributed by atoms with E-state index in [1.165, 1.54) is 17.4 Å². The fourth-order valence-corrected chi connectivity index (χ4v) is 6.37. The molecule has 5 rings (SSSR count). The van der Waals surface area contributed by atoms with Gasteiger partial charge in [0.25, 0.3) is 6.43 Å². The van der Waals surface area contributed by atoms with E-state index in [1.54, 1.807) is 30.3 Å². The van der Waals surface area contributed by atoms with E-state index in [9.17, 15) is 18.4 Å². The predicted octanol–water partition coefficient (Wildman–Crippen LogP) is 8.61. The number of carbonyl (C=O) groups excluding carboxylic acids is 2. The van der Waals surface area contributed by atoms with E-state index in [0.717, 1.165) is 41.0 Å². The first-order valence-electron chi connectivity index (χ1n) is 12.9. The van der Waals surface area contributed by atoms with E-state index < -0.39 is 6.43 Å². The van der Waals surface area contributed by atoms with Crippen LogP contribution in [0.5, 0.6) is 0 Å². The molecule has 0 N–H and O–H groups in total. The number of benzene rings is 2. The molecule has 1 aliphatic carbocycles. The first kappa shape index (κ1) is 25.5. The lowest BCUT2D eigenvalue weighted by molar-refractivity contribution is 0.0944. The monoisotopic (exact) mass is 520 g/mol. The first-order valence-corrected chi connectivity index (χ1v) is 13.7. The van der Waals surface area contributed by atoms with Crippen LogP contribution in [0.25, 0.3) is 22.4 Å². The molecule has 0 aliphatic heterocycles. The highest BCUT2D eigenvalue weighted by molar-refractivity contribution is 7.14. The Morgan fingerprint density at radius 3 is 2.62 bits per heavy atom. The van der Waals surface area contributed by atoms with Crippen molar-refractivity contribution in [2.24, 2.45) is 5.92 Å². The number of carbonyl (C=O) groups is 2. The van der Waals surface area contributed by atoms with E-state index in [0.29, 0.717) is 35.3 Å². The zero-order chi connectivity index (χ0) is 26.1. The maximum atomic E-state index is 14.0. The number of alkyl halides is 2. The molecule has 1 aliphatic rings. The number of halogens is 2. The summed E-state index contributed by atoms with van der Waals surface area (Å²) in [4.78, 5) is 32.1. The third-order valence-electron chi connectivity index (χ3n) is 7.38. The molecule has 2 heterocycles. The van der Waals surface area contributed by atoms with E-state index in [-0.39, 0.29) is 29.1 Å². The normalized spacial score (nSPS) is 18.0. The third kappa shape index (κ3) is 5.14.